The molecule has 0 unspecified atom stereocenters. The summed E-state index contributed by atoms with van der Waals surface area (Å²) in [7, 11) is 2.50. The SMILES string of the molecule is COC(=O)C(C(=O)OC)/C(C)=C\c1ccc2ccccc2c1. The van der Waals surface area contributed by atoms with Crippen LogP contribution in [0.5, 0.6) is 0 Å². The second-order valence-electron chi connectivity index (χ2n) is 4.97. The molecule has 0 bridgehead atoms. The van der Waals surface area contributed by atoms with Crippen molar-refractivity contribution in [1.82, 2.24) is 0 Å². The van der Waals surface area contributed by atoms with Gasteiger partial charge in [0.15, 0.2) is 5.92 Å². The van der Waals surface area contributed by atoms with E-state index >= 15 is 0 Å². The number of hydrogen-bond donors (Lipinski definition) is 0. The lowest BCUT2D eigenvalue weighted by Gasteiger charge is -2.13. The molecule has 0 radical (unpaired) electrons. The number of ether oxygens (including phenoxy) is 2. The van der Waals surface area contributed by atoms with Gasteiger partial charge >= 0.3 is 11.9 Å². The lowest BCUT2D eigenvalue weighted by Crippen LogP contribution is -2.27. The number of benzene rings is 2. The topological polar surface area (TPSA) is 52.6 Å². The average molecular weight is 298 g/mol. The smallest absolute Gasteiger partial charge is 0.324 e. The molecule has 22 heavy (non-hydrogen) atoms. The Labute approximate surface area is 129 Å². The highest BCUT2D eigenvalue weighted by Gasteiger charge is 2.30. The Hall–Kier alpha value is -2.62. The summed E-state index contributed by atoms with van der Waals surface area (Å²) >= 11 is 0. The van der Waals surface area contributed by atoms with Gasteiger partial charge < -0.3 is 9.47 Å². The number of methoxy groups -OCH3 is 2. The van der Waals surface area contributed by atoms with E-state index in [2.05, 4.69) is 9.47 Å². The van der Waals surface area contributed by atoms with Crippen molar-refractivity contribution in [1.29, 1.82) is 0 Å². The summed E-state index contributed by atoms with van der Waals surface area (Å²) in [5.74, 6) is -2.29. The highest BCUT2D eigenvalue weighted by molar-refractivity contribution is 5.99. The molecule has 114 valence electrons. The van der Waals surface area contributed by atoms with Crippen molar-refractivity contribution >= 4 is 28.8 Å². The van der Waals surface area contributed by atoms with Crippen LogP contribution in [0.2, 0.25) is 0 Å². The van der Waals surface area contributed by atoms with Gasteiger partial charge in [-0.05, 0) is 34.9 Å². The summed E-state index contributed by atoms with van der Waals surface area (Å²) in [5.41, 5.74) is 1.49. The molecule has 0 aliphatic heterocycles. The standard InChI is InChI=1S/C18H18O4/c1-12(16(17(19)21-2)18(20)22-3)10-13-8-9-14-6-4-5-7-15(14)11-13/h4-11,16H,1-3H3/b12-10-. The lowest BCUT2D eigenvalue weighted by molar-refractivity contribution is -0.156. The fourth-order valence-corrected chi connectivity index (χ4v) is 2.35. The van der Waals surface area contributed by atoms with E-state index in [1.165, 1.54) is 14.2 Å². The van der Waals surface area contributed by atoms with Crippen molar-refractivity contribution in [2.75, 3.05) is 14.2 Å². The monoisotopic (exact) mass is 298 g/mol. The minimum atomic E-state index is -1.04. The van der Waals surface area contributed by atoms with Crippen LogP contribution >= 0.6 is 0 Å². The van der Waals surface area contributed by atoms with Crippen LogP contribution in [-0.2, 0) is 19.1 Å². The van der Waals surface area contributed by atoms with Gasteiger partial charge in [-0.15, -0.1) is 0 Å². The Morgan fingerprint density at radius 2 is 1.55 bits per heavy atom. The van der Waals surface area contributed by atoms with E-state index in [0.717, 1.165) is 16.3 Å². The van der Waals surface area contributed by atoms with E-state index in [-0.39, 0.29) is 0 Å². The minimum Gasteiger partial charge on any atom is -0.468 e. The Morgan fingerprint density at radius 3 is 2.14 bits per heavy atom. The third-order valence-electron chi connectivity index (χ3n) is 3.50. The van der Waals surface area contributed by atoms with Crippen molar-refractivity contribution < 1.29 is 19.1 Å². The lowest BCUT2D eigenvalue weighted by atomic mass is 9.97. The first kappa shape index (κ1) is 15.8. The largest absolute Gasteiger partial charge is 0.468 e. The molecule has 4 nitrogen and oxygen atoms in total. The van der Waals surface area contributed by atoms with Gasteiger partial charge in [0.1, 0.15) is 0 Å². The van der Waals surface area contributed by atoms with Gasteiger partial charge in [0, 0.05) is 0 Å². The molecule has 0 aromatic heterocycles. The van der Waals surface area contributed by atoms with Gasteiger partial charge in [-0.3, -0.25) is 9.59 Å². The Balaban J connectivity index is 2.38. The second-order valence-corrected chi connectivity index (χ2v) is 4.97. The summed E-state index contributed by atoms with van der Waals surface area (Å²) in [6.07, 6.45) is 1.80. The van der Waals surface area contributed by atoms with Gasteiger partial charge in [0.05, 0.1) is 14.2 Å². The van der Waals surface area contributed by atoms with Gasteiger partial charge in [0.2, 0.25) is 0 Å². The summed E-state index contributed by atoms with van der Waals surface area (Å²) in [6.45, 7) is 1.72. The molecule has 2 aromatic rings. The zero-order valence-corrected chi connectivity index (χ0v) is 12.8. The molecule has 0 aliphatic carbocycles. The maximum Gasteiger partial charge on any atom is 0.324 e. The molecule has 0 spiro atoms. The highest BCUT2D eigenvalue weighted by atomic mass is 16.5. The van der Waals surface area contributed by atoms with Crippen LogP contribution in [0.4, 0.5) is 0 Å². The number of carbonyl (C=O) groups excluding carboxylic acids is 2. The van der Waals surface area contributed by atoms with Crippen LogP contribution in [0.1, 0.15) is 12.5 Å². The first-order chi connectivity index (χ1) is 10.6. The number of hydrogen-bond acceptors (Lipinski definition) is 4. The van der Waals surface area contributed by atoms with Crippen LogP contribution in [-0.4, -0.2) is 26.2 Å². The molecular weight excluding hydrogens is 280 g/mol. The van der Waals surface area contributed by atoms with E-state index < -0.39 is 17.9 Å². The van der Waals surface area contributed by atoms with Crippen LogP contribution in [0, 0.1) is 5.92 Å². The molecule has 0 N–H and O–H groups in total. The van der Waals surface area contributed by atoms with Crippen LogP contribution in [0.3, 0.4) is 0 Å². The van der Waals surface area contributed by atoms with Crippen molar-refractivity contribution in [3.8, 4) is 0 Å². The van der Waals surface area contributed by atoms with E-state index in [4.69, 9.17) is 0 Å². The average Bonchev–Trinajstić information content (AvgIpc) is 2.54. The summed E-state index contributed by atoms with van der Waals surface area (Å²) in [4.78, 5) is 23.6. The first-order valence-corrected chi connectivity index (χ1v) is 6.89. The zero-order valence-electron chi connectivity index (χ0n) is 12.8. The Morgan fingerprint density at radius 1 is 0.955 bits per heavy atom. The molecule has 0 saturated carbocycles. The maximum atomic E-state index is 11.8. The van der Waals surface area contributed by atoms with Crippen LogP contribution in [0.15, 0.2) is 48.0 Å². The summed E-state index contributed by atoms with van der Waals surface area (Å²) in [6, 6.07) is 13.9. The van der Waals surface area contributed by atoms with E-state index in [9.17, 15) is 9.59 Å². The number of carbonyl (C=O) groups is 2. The quantitative estimate of drug-likeness (QED) is 0.642. The molecular formula is C18H18O4. The zero-order chi connectivity index (χ0) is 16.1. The van der Waals surface area contributed by atoms with Crippen molar-refractivity contribution in [3.05, 3.63) is 53.6 Å². The maximum absolute atomic E-state index is 11.8. The second kappa shape index (κ2) is 6.89. The molecule has 2 rings (SSSR count). The number of fused-ring (bicyclic) bond motifs is 1. The summed E-state index contributed by atoms with van der Waals surface area (Å²) < 4.78 is 9.37. The van der Waals surface area contributed by atoms with Crippen molar-refractivity contribution in [2.24, 2.45) is 5.92 Å². The first-order valence-electron chi connectivity index (χ1n) is 6.89. The van der Waals surface area contributed by atoms with E-state index in [1.807, 2.05) is 42.5 Å². The molecule has 0 atom stereocenters. The Kier molecular flexibility index (Phi) is 4.94. The van der Waals surface area contributed by atoms with Crippen molar-refractivity contribution in [3.63, 3.8) is 0 Å². The fraction of sp³-hybridized carbons (Fsp3) is 0.222. The van der Waals surface area contributed by atoms with Crippen LogP contribution < -0.4 is 0 Å². The van der Waals surface area contributed by atoms with Crippen molar-refractivity contribution in [2.45, 2.75) is 6.92 Å². The van der Waals surface area contributed by atoms with E-state index in [0.29, 0.717) is 5.57 Å². The molecule has 4 heteroatoms. The minimum absolute atomic E-state index is 0.578. The van der Waals surface area contributed by atoms with E-state index in [1.54, 1.807) is 13.0 Å². The normalized spacial score (nSPS) is 11.5. The Bertz CT molecular complexity index is 715. The van der Waals surface area contributed by atoms with Gasteiger partial charge in [-0.2, -0.15) is 0 Å². The van der Waals surface area contributed by atoms with Gasteiger partial charge in [-0.1, -0.05) is 42.5 Å². The highest BCUT2D eigenvalue weighted by Crippen LogP contribution is 2.21. The summed E-state index contributed by atoms with van der Waals surface area (Å²) in [5, 5.41) is 2.23. The predicted octanol–water partition coefficient (Wildman–Crippen LogP) is 3.21. The third-order valence-corrected chi connectivity index (χ3v) is 3.50. The number of rotatable bonds is 4. The predicted molar refractivity (Wildman–Crippen MR) is 85.1 cm³/mol. The van der Waals surface area contributed by atoms with Crippen LogP contribution in [0.25, 0.3) is 16.8 Å². The number of esters is 2. The molecule has 2 aromatic carbocycles. The molecule has 0 aliphatic rings. The molecule has 0 saturated heterocycles. The molecule has 0 amide bonds. The van der Waals surface area contributed by atoms with Gasteiger partial charge in [0.25, 0.3) is 0 Å². The van der Waals surface area contributed by atoms with Gasteiger partial charge in [-0.25, -0.2) is 0 Å². The fourth-order valence-electron chi connectivity index (χ4n) is 2.35. The molecule has 0 fully saturated rings. The third kappa shape index (κ3) is 3.34. The molecule has 0 heterocycles.